The van der Waals surface area contributed by atoms with Crippen LogP contribution in [0.15, 0.2) is 43.0 Å². The smallest absolute Gasteiger partial charge is 0.137 e. The van der Waals surface area contributed by atoms with E-state index in [0.29, 0.717) is 12.0 Å². The highest BCUT2D eigenvalue weighted by Gasteiger charge is 2.28. The summed E-state index contributed by atoms with van der Waals surface area (Å²) in [6.45, 7) is 7.74. The molecule has 0 bridgehead atoms. The fraction of sp³-hybridized carbons (Fsp3) is 0.556. The van der Waals surface area contributed by atoms with Crippen molar-refractivity contribution in [2.24, 2.45) is 5.92 Å². The minimum atomic E-state index is 0.658. The van der Waals surface area contributed by atoms with Gasteiger partial charge in [-0.3, -0.25) is 9.58 Å². The molecule has 0 unspecified atom stereocenters. The molecule has 5 heteroatoms. The van der Waals surface area contributed by atoms with E-state index in [0.717, 1.165) is 19.6 Å². The number of hydrogen-bond donors (Lipinski definition) is 0. The van der Waals surface area contributed by atoms with Crippen LogP contribution in [-0.2, 0) is 13.1 Å². The summed E-state index contributed by atoms with van der Waals surface area (Å²) in [5, 5.41) is 4.18. The molecule has 0 aliphatic carbocycles. The Kier molecular flexibility index (Phi) is 5.41. The van der Waals surface area contributed by atoms with Crippen LogP contribution in [0.2, 0.25) is 0 Å². The van der Waals surface area contributed by atoms with Gasteiger partial charge in [0.25, 0.3) is 0 Å². The standard InChI is InChI=1S/C18H27N5/c1-16-12-22(13-17-6-4-3-5-7-17)9-8-18(16)21(2)10-11-23-15-19-14-20-23/h3-7,14-16,18H,8-13H2,1-2H3/t16-,18+/m0/s1. The molecule has 1 fully saturated rings. The van der Waals surface area contributed by atoms with Gasteiger partial charge in [0, 0.05) is 25.7 Å². The minimum Gasteiger partial charge on any atom is -0.301 e. The van der Waals surface area contributed by atoms with E-state index in [1.54, 1.807) is 12.7 Å². The number of rotatable bonds is 6. The van der Waals surface area contributed by atoms with Crippen LogP contribution in [0, 0.1) is 5.92 Å². The highest BCUT2D eigenvalue weighted by Crippen LogP contribution is 2.22. The van der Waals surface area contributed by atoms with Crippen molar-refractivity contribution in [3.05, 3.63) is 48.5 Å². The van der Waals surface area contributed by atoms with Gasteiger partial charge in [0.05, 0.1) is 6.54 Å². The summed E-state index contributed by atoms with van der Waals surface area (Å²) < 4.78 is 1.91. The van der Waals surface area contributed by atoms with Gasteiger partial charge in [0.2, 0.25) is 0 Å². The first-order valence-corrected chi connectivity index (χ1v) is 8.51. The van der Waals surface area contributed by atoms with Gasteiger partial charge in [0.15, 0.2) is 0 Å². The lowest BCUT2D eigenvalue weighted by Gasteiger charge is -2.41. The van der Waals surface area contributed by atoms with E-state index in [2.05, 4.69) is 64.2 Å². The van der Waals surface area contributed by atoms with Crippen molar-refractivity contribution in [3.63, 3.8) is 0 Å². The Morgan fingerprint density at radius 2 is 2.09 bits per heavy atom. The predicted octanol–water partition coefficient (Wildman–Crippen LogP) is 2.12. The second-order valence-corrected chi connectivity index (χ2v) is 6.69. The second-order valence-electron chi connectivity index (χ2n) is 6.69. The van der Waals surface area contributed by atoms with Crippen molar-refractivity contribution in [1.82, 2.24) is 24.6 Å². The van der Waals surface area contributed by atoms with Crippen molar-refractivity contribution >= 4 is 0 Å². The monoisotopic (exact) mass is 313 g/mol. The maximum absolute atomic E-state index is 4.18. The van der Waals surface area contributed by atoms with E-state index >= 15 is 0 Å². The molecule has 0 radical (unpaired) electrons. The van der Waals surface area contributed by atoms with Gasteiger partial charge >= 0.3 is 0 Å². The normalized spacial score (nSPS) is 22.6. The molecule has 5 nitrogen and oxygen atoms in total. The number of aromatic nitrogens is 3. The third-order valence-electron chi connectivity index (χ3n) is 4.91. The van der Waals surface area contributed by atoms with Crippen molar-refractivity contribution in [3.8, 4) is 0 Å². The van der Waals surface area contributed by atoms with Crippen LogP contribution in [0.4, 0.5) is 0 Å². The van der Waals surface area contributed by atoms with Crippen LogP contribution in [0.3, 0.4) is 0 Å². The molecule has 23 heavy (non-hydrogen) atoms. The average Bonchev–Trinajstić information content (AvgIpc) is 3.07. The number of benzene rings is 1. The molecule has 124 valence electrons. The van der Waals surface area contributed by atoms with E-state index in [1.807, 2.05) is 4.68 Å². The van der Waals surface area contributed by atoms with Gasteiger partial charge in [-0.25, -0.2) is 4.98 Å². The molecule has 3 rings (SSSR count). The number of hydrogen-bond acceptors (Lipinski definition) is 4. The Morgan fingerprint density at radius 3 is 2.78 bits per heavy atom. The molecule has 1 aromatic heterocycles. The topological polar surface area (TPSA) is 37.2 Å². The van der Waals surface area contributed by atoms with Crippen LogP contribution in [0.1, 0.15) is 18.9 Å². The molecule has 0 saturated carbocycles. The van der Waals surface area contributed by atoms with Crippen molar-refractivity contribution in [1.29, 1.82) is 0 Å². The van der Waals surface area contributed by atoms with Gasteiger partial charge < -0.3 is 4.90 Å². The van der Waals surface area contributed by atoms with Crippen LogP contribution < -0.4 is 0 Å². The third kappa shape index (κ3) is 4.39. The lowest BCUT2D eigenvalue weighted by atomic mass is 9.92. The van der Waals surface area contributed by atoms with E-state index < -0.39 is 0 Å². The quantitative estimate of drug-likeness (QED) is 0.819. The zero-order valence-electron chi connectivity index (χ0n) is 14.2. The van der Waals surface area contributed by atoms with Crippen LogP contribution >= 0.6 is 0 Å². The van der Waals surface area contributed by atoms with Crippen LogP contribution in [0.5, 0.6) is 0 Å². The zero-order chi connectivity index (χ0) is 16.1. The summed E-state index contributed by atoms with van der Waals surface area (Å²) in [6, 6.07) is 11.4. The summed E-state index contributed by atoms with van der Waals surface area (Å²) in [5.74, 6) is 0.688. The molecule has 0 N–H and O–H groups in total. The summed E-state index contributed by atoms with van der Waals surface area (Å²) >= 11 is 0. The van der Waals surface area contributed by atoms with E-state index in [-0.39, 0.29) is 0 Å². The number of nitrogens with zero attached hydrogens (tertiary/aromatic N) is 5. The van der Waals surface area contributed by atoms with Gasteiger partial charge in [-0.1, -0.05) is 37.3 Å². The third-order valence-corrected chi connectivity index (χ3v) is 4.91. The Hall–Kier alpha value is -1.72. The Balaban J connectivity index is 1.48. The molecule has 0 spiro atoms. The Labute approximate surface area is 138 Å². The van der Waals surface area contributed by atoms with E-state index in [9.17, 15) is 0 Å². The van der Waals surface area contributed by atoms with Crippen molar-refractivity contribution in [2.45, 2.75) is 32.5 Å². The molecular weight excluding hydrogens is 286 g/mol. The van der Waals surface area contributed by atoms with E-state index in [1.165, 1.54) is 25.1 Å². The van der Waals surface area contributed by atoms with Crippen molar-refractivity contribution < 1.29 is 0 Å². The first-order valence-electron chi connectivity index (χ1n) is 8.51. The number of likely N-dealkylation sites (tertiary alicyclic amines) is 1. The predicted molar refractivity (Wildman–Crippen MR) is 91.9 cm³/mol. The molecule has 1 aliphatic rings. The molecule has 1 aromatic carbocycles. The first kappa shape index (κ1) is 16.1. The Bertz CT molecular complexity index is 568. The highest BCUT2D eigenvalue weighted by molar-refractivity contribution is 5.14. The summed E-state index contributed by atoms with van der Waals surface area (Å²) in [5.41, 5.74) is 1.41. The van der Waals surface area contributed by atoms with Crippen LogP contribution in [-0.4, -0.2) is 57.3 Å². The lowest BCUT2D eigenvalue weighted by Crippen LogP contribution is -2.49. The molecule has 1 saturated heterocycles. The second kappa shape index (κ2) is 7.70. The van der Waals surface area contributed by atoms with E-state index in [4.69, 9.17) is 0 Å². The van der Waals surface area contributed by atoms with Crippen LogP contribution in [0.25, 0.3) is 0 Å². The summed E-state index contributed by atoms with van der Waals surface area (Å²) in [4.78, 5) is 9.08. The fourth-order valence-corrected chi connectivity index (χ4v) is 3.63. The largest absolute Gasteiger partial charge is 0.301 e. The van der Waals surface area contributed by atoms with Gasteiger partial charge in [0.1, 0.15) is 12.7 Å². The maximum atomic E-state index is 4.18. The molecule has 0 amide bonds. The first-order chi connectivity index (χ1) is 11.2. The SMILES string of the molecule is C[C@H]1CN(Cc2ccccc2)CC[C@H]1N(C)CCn1cncn1. The summed E-state index contributed by atoms with van der Waals surface area (Å²) in [6.07, 6.45) is 4.63. The van der Waals surface area contributed by atoms with Crippen molar-refractivity contribution in [2.75, 3.05) is 26.7 Å². The molecule has 2 atom stereocenters. The fourth-order valence-electron chi connectivity index (χ4n) is 3.63. The van der Waals surface area contributed by atoms with Gasteiger partial charge in [-0.2, -0.15) is 5.10 Å². The Morgan fingerprint density at radius 1 is 1.26 bits per heavy atom. The summed E-state index contributed by atoms with van der Waals surface area (Å²) in [7, 11) is 2.24. The lowest BCUT2D eigenvalue weighted by molar-refractivity contribution is 0.0734. The molecule has 2 aromatic rings. The minimum absolute atomic E-state index is 0.658. The zero-order valence-corrected chi connectivity index (χ0v) is 14.2. The molecule has 2 heterocycles. The average molecular weight is 313 g/mol. The molecule has 1 aliphatic heterocycles. The maximum Gasteiger partial charge on any atom is 0.137 e. The number of likely N-dealkylation sites (N-methyl/N-ethyl adjacent to an activating group) is 1. The number of piperidine rings is 1. The van der Waals surface area contributed by atoms with Gasteiger partial charge in [-0.05, 0) is 31.5 Å². The highest BCUT2D eigenvalue weighted by atomic mass is 15.3. The van der Waals surface area contributed by atoms with Gasteiger partial charge in [-0.15, -0.1) is 0 Å². The molecular formula is C18H27N5.